The summed E-state index contributed by atoms with van der Waals surface area (Å²) in [6, 6.07) is 12.9. The summed E-state index contributed by atoms with van der Waals surface area (Å²) >= 11 is 0. The van der Waals surface area contributed by atoms with Gasteiger partial charge in [0.05, 0.1) is 18.7 Å². The average molecular weight is 284 g/mol. The molecule has 0 aliphatic heterocycles. The van der Waals surface area contributed by atoms with Crippen LogP contribution >= 0.6 is 0 Å². The fraction of sp³-hybridized carbons (Fsp3) is 0.235. The number of hydrogen-bond acceptors (Lipinski definition) is 3. The topological polar surface area (TPSA) is 64.3 Å². The number of nitrogens with two attached hydrogens (primary N) is 1. The molecule has 0 fully saturated rings. The molecule has 21 heavy (non-hydrogen) atoms. The van der Waals surface area contributed by atoms with Crippen molar-refractivity contribution < 1.29 is 9.53 Å². The minimum absolute atomic E-state index is 0.173. The largest absolute Gasteiger partial charge is 0.496 e. The van der Waals surface area contributed by atoms with Gasteiger partial charge < -0.3 is 15.8 Å². The quantitative estimate of drug-likeness (QED) is 0.848. The number of amides is 1. The second-order valence-electron chi connectivity index (χ2n) is 5.03. The molecular weight excluding hydrogens is 264 g/mol. The molecule has 2 aromatic rings. The van der Waals surface area contributed by atoms with Crippen LogP contribution < -0.4 is 15.8 Å². The molecule has 0 heterocycles. The van der Waals surface area contributed by atoms with Crippen LogP contribution in [0.5, 0.6) is 5.75 Å². The van der Waals surface area contributed by atoms with E-state index in [9.17, 15) is 4.79 Å². The van der Waals surface area contributed by atoms with Crippen LogP contribution in [0.25, 0.3) is 0 Å². The van der Waals surface area contributed by atoms with Gasteiger partial charge in [0.2, 0.25) is 0 Å². The normalized spacial score (nSPS) is 11.8. The van der Waals surface area contributed by atoms with E-state index in [4.69, 9.17) is 10.5 Å². The van der Waals surface area contributed by atoms with Crippen LogP contribution in [-0.4, -0.2) is 13.0 Å². The molecule has 0 aliphatic carbocycles. The molecule has 2 rings (SSSR count). The van der Waals surface area contributed by atoms with Gasteiger partial charge in [0.1, 0.15) is 5.75 Å². The average Bonchev–Trinajstić information content (AvgIpc) is 2.49. The lowest BCUT2D eigenvalue weighted by molar-refractivity contribution is 0.0940. The van der Waals surface area contributed by atoms with Crippen molar-refractivity contribution in [1.82, 2.24) is 5.32 Å². The highest BCUT2D eigenvalue weighted by molar-refractivity contribution is 5.99. The number of rotatable bonds is 4. The zero-order valence-corrected chi connectivity index (χ0v) is 12.5. The molecule has 0 saturated carbocycles. The molecule has 0 aliphatic rings. The Hall–Kier alpha value is -2.49. The highest BCUT2D eigenvalue weighted by atomic mass is 16.5. The predicted octanol–water partition coefficient (Wildman–Crippen LogP) is 3.08. The molecule has 1 atom stereocenters. The lowest BCUT2D eigenvalue weighted by Gasteiger charge is -2.18. The van der Waals surface area contributed by atoms with E-state index in [-0.39, 0.29) is 11.9 Å². The lowest BCUT2D eigenvalue weighted by atomic mass is 10.1. The number of nitrogen functional groups attached to an aromatic ring is 1. The summed E-state index contributed by atoms with van der Waals surface area (Å²) < 4.78 is 5.32. The van der Waals surface area contributed by atoms with Crippen LogP contribution in [0.15, 0.2) is 42.5 Å². The maximum Gasteiger partial charge on any atom is 0.253 e. The third-order valence-corrected chi connectivity index (χ3v) is 3.41. The number of nitrogens with one attached hydrogen (secondary N) is 1. The van der Waals surface area contributed by atoms with E-state index < -0.39 is 0 Å². The monoisotopic (exact) mass is 284 g/mol. The van der Waals surface area contributed by atoms with E-state index in [1.807, 2.05) is 44.2 Å². The molecule has 1 amide bonds. The Morgan fingerprint density at radius 3 is 2.67 bits per heavy atom. The molecule has 1 unspecified atom stereocenters. The van der Waals surface area contributed by atoms with Gasteiger partial charge in [-0.25, -0.2) is 0 Å². The van der Waals surface area contributed by atoms with Gasteiger partial charge in [-0.05, 0) is 32.0 Å². The molecule has 0 bridgehead atoms. The van der Waals surface area contributed by atoms with Crippen LogP contribution in [0.2, 0.25) is 0 Å². The van der Waals surface area contributed by atoms with Crippen molar-refractivity contribution in [2.75, 3.05) is 12.8 Å². The van der Waals surface area contributed by atoms with Crippen molar-refractivity contribution in [2.24, 2.45) is 0 Å². The predicted molar refractivity (Wildman–Crippen MR) is 84.5 cm³/mol. The van der Waals surface area contributed by atoms with Crippen molar-refractivity contribution in [3.05, 3.63) is 59.2 Å². The molecule has 2 aromatic carbocycles. The number of hydrogen-bond donors (Lipinski definition) is 2. The molecule has 0 radical (unpaired) electrons. The number of carbonyl (C=O) groups excluding carboxylic acids is 1. The van der Waals surface area contributed by atoms with E-state index >= 15 is 0 Å². The Kier molecular flexibility index (Phi) is 4.48. The molecule has 110 valence electrons. The first-order valence-corrected chi connectivity index (χ1v) is 6.83. The summed E-state index contributed by atoms with van der Waals surface area (Å²) in [7, 11) is 1.62. The smallest absolute Gasteiger partial charge is 0.253 e. The third kappa shape index (κ3) is 3.34. The van der Waals surface area contributed by atoms with E-state index in [1.165, 1.54) is 0 Å². The summed E-state index contributed by atoms with van der Waals surface area (Å²) in [6.07, 6.45) is 0. The number of ether oxygens (including phenoxy) is 1. The highest BCUT2D eigenvalue weighted by Crippen LogP contribution is 2.25. The summed E-state index contributed by atoms with van der Waals surface area (Å²) in [5, 5.41) is 2.96. The first kappa shape index (κ1) is 14.9. The minimum atomic E-state index is -0.186. The summed E-state index contributed by atoms with van der Waals surface area (Å²) in [5.41, 5.74) is 8.78. The minimum Gasteiger partial charge on any atom is -0.496 e. The van der Waals surface area contributed by atoms with Gasteiger partial charge in [0.25, 0.3) is 5.91 Å². The summed E-state index contributed by atoms with van der Waals surface area (Å²) in [5.74, 6) is 0.567. The SMILES string of the molecule is COc1ccccc1C(C)NC(=O)c1cc(C)ccc1N. The van der Waals surface area contributed by atoms with Crippen molar-refractivity contribution in [2.45, 2.75) is 19.9 Å². The van der Waals surface area contributed by atoms with Crippen LogP contribution in [0.4, 0.5) is 5.69 Å². The molecule has 3 N–H and O–H groups in total. The van der Waals surface area contributed by atoms with Gasteiger partial charge in [-0.15, -0.1) is 0 Å². The van der Waals surface area contributed by atoms with E-state index in [0.29, 0.717) is 11.3 Å². The zero-order chi connectivity index (χ0) is 15.4. The van der Waals surface area contributed by atoms with E-state index in [0.717, 1.165) is 16.9 Å². The first-order valence-electron chi connectivity index (χ1n) is 6.83. The second-order valence-corrected chi connectivity index (χ2v) is 5.03. The van der Waals surface area contributed by atoms with E-state index in [2.05, 4.69) is 5.32 Å². The second kappa shape index (κ2) is 6.31. The number of benzene rings is 2. The number of aryl methyl sites for hydroxylation is 1. The van der Waals surface area contributed by atoms with Crippen molar-refractivity contribution >= 4 is 11.6 Å². The highest BCUT2D eigenvalue weighted by Gasteiger charge is 2.16. The molecule has 0 spiro atoms. The zero-order valence-electron chi connectivity index (χ0n) is 12.5. The third-order valence-electron chi connectivity index (χ3n) is 3.41. The van der Waals surface area contributed by atoms with E-state index in [1.54, 1.807) is 19.2 Å². The number of para-hydroxylation sites is 1. The van der Waals surface area contributed by atoms with Gasteiger partial charge in [0, 0.05) is 11.3 Å². The van der Waals surface area contributed by atoms with Gasteiger partial charge >= 0.3 is 0 Å². The van der Waals surface area contributed by atoms with Gasteiger partial charge in [0.15, 0.2) is 0 Å². The Labute approximate surface area is 124 Å². The maximum atomic E-state index is 12.4. The Balaban J connectivity index is 2.21. The lowest BCUT2D eigenvalue weighted by Crippen LogP contribution is -2.27. The standard InChI is InChI=1S/C17H20N2O2/c1-11-8-9-15(18)14(10-11)17(20)19-12(2)13-6-4-5-7-16(13)21-3/h4-10,12H,18H2,1-3H3,(H,19,20). The van der Waals surface area contributed by atoms with Crippen LogP contribution in [0.1, 0.15) is 34.5 Å². The molecule has 4 nitrogen and oxygen atoms in total. The molecule has 0 aromatic heterocycles. The fourth-order valence-electron chi connectivity index (χ4n) is 2.24. The summed E-state index contributed by atoms with van der Waals surface area (Å²) in [6.45, 7) is 3.85. The number of methoxy groups -OCH3 is 1. The van der Waals surface area contributed by atoms with Crippen molar-refractivity contribution in [3.63, 3.8) is 0 Å². The first-order chi connectivity index (χ1) is 10.0. The Morgan fingerprint density at radius 2 is 1.95 bits per heavy atom. The van der Waals surface area contributed by atoms with Crippen LogP contribution in [0, 0.1) is 6.92 Å². The number of carbonyl (C=O) groups is 1. The van der Waals surface area contributed by atoms with Gasteiger partial charge in [-0.3, -0.25) is 4.79 Å². The molecular formula is C17H20N2O2. The van der Waals surface area contributed by atoms with Crippen molar-refractivity contribution in [1.29, 1.82) is 0 Å². The van der Waals surface area contributed by atoms with Gasteiger partial charge in [-0.1, -0.05) is 29.8 Å². The Morgan fingerprint density at radius 1 is 1.24 bits per heavy atom. The molecule has 0 saturated heterocycles. The maximum absolute atomic E-state index is 12.4. The molecule has 4 heteroatoms. The van der Waals surface area contributed by atoms with Crippen LogP contribution in [-0.2, 0) is 0 Å². The van der Waals surface area contributed by atoms with Gasteiger partial charge in [-0.2, -0.15) is 0 Å². The van der Waals surface area contributed by atoms with Crippen LogP contribution in [0.3, 0.4) is 0 Å². The fourth-order valence-corrected chi connectivity index (χ4v) is 2.24. The number of anilines is 1. The Bertz CT molecular complexity index is 653. The summed E-state index contributed by atoms with van der Waals surface area (Å²) in [4.78, 5) is 12.4. The van der Waals surface area contributed by atoms with Crippen molar-refractivity contribution in [3.8, 4) is 5.75 Å².